The van der Waals surface area contributed by atoms with Crippen LogP contribution in [0.4, 0.5) is 13.2 Å². The number of imidazole rings is 1. The first-order chi connectivity index (χ1) is 16.9. The summed E-state index contributed by atoms with van der Waals surface area (Å²) in [4.78, 5) is 21.0. The number of rotatable bonds is 6. The average molecular weight is 476 g/mol. The highest BCUT2D eigenvalue weighted by Gasteiger charge is 2.14. The van der Waals surface area contributed by atoms with Gasteiger partial charge >= 0.3 is 6.55 Å². The van der Waals surface area contributed by atoms with Crippen LogP contribution in [0.3, 0.4) is 0 Å². The molecule has 0 aliphatic carbocycles. The van der Waals surface area contributed by atoms with Crippen molar-refractivity contribution >= 4 is 34.1 Å². The van der Waals surface area contributed by atoms with Crippen molar-refractivity contribution in [1.82, 2.24) is 29.1 Å². The SMILES string of the molecule is Cc1nc2ncc(-n3ccc4ncc(C(C=NC(F)F)=CN)nc43)cc2n1Cc1cccc(F)c1. The molecular weight excluding hydrogens is 457 g/mol. The number of benzene rings is 1. The van der Waals surface area contributed by atoms with Crippen molar-refractivity contribution in [3.8, 4) is 5.69 Å². The summed E-state index contributed by atoms with van der Waals surface area (Å²) in [5.41, 5.74) is 10.0. The van der Waals surface area contributed by atoms with Gasteiger partial charge in [0.1, 0.15) is 17.2 Å². The van der Waals surface area contributed by atoms with Crippen LogP contribution in [0.5, 0.6) is 0 Å². The lowest BCUT2D eigenvalue weighted by Crippen LogP contribution is -2.03. The molecule has 0 spiro atoms. The second kappa shape index (κ2) is 9.01. The predicted molar refractivity (Wildman–Crippen MR) is 127 cm³/mol. The number of hydrogen-bond donors (Lipinski definition) is 1. The van der Waals surface area contributed by atoms with Gasteiger partial charge in [-0.15, -0.1) is 0 Å². The lowest BCUT2D eigenvalue weighted by Gasteiger charge is -2.09. The fraction of sp³-hybridized carbons (Fsp3) is 0.125. The number of alkyl halides is 2. The summed E-state index contributed by atoms with van der Waals surface area (Å²) in [5.74, 6) is 0.436. The van der Waals surface area contributed by atoms with Gasteiger partial charge in [-0.2, -0.15) is 8.78 Å². The van der Waals surface area contributed by atoms with Crippen LogP contribution in [0.25, 0.3) is 33.6 Å². The smallest absolute Gasteiger partial charge is 0.331 e. The average Bonchev–Trinajstić information content (AvgIpc) is 3.39. The quantitative estimate of drug-likeness (QED) is 0.292. The van der Waals surface area contributed by atoms with Crippen molar-refractivity contribution in [2.24, 2.45) is 10.7 Å². The van der Waals surface area contributed by atoms with E-state index < -0.39 is 6.55 Å². The lowest BCUT2D eigenvalue weighted by atomic mass is 10.2. The Morgan fingerprint density at radius 2 is 2.00 bits per heavy atom. The Bertz CT molecular complexity index is 1600. The van der Waals surface area contributed by atoms with E-state index in [1.165, 1.54) is 18.3 Å². The molecule has 2 N–H and O–H groups in total. The van der Waals surface area contributed by atoms with Gasteiger partial charge in [0, 0.05) is 30.7 Å². The maximum atomic E-state index is 13.7. The van der Waals surface area contributed by atoms with Gasteiger partial charge in [0.15, 0.2) is 11.3 Å². The highest BCUT2D eigenvalue weighted by atomic mass is 19.3. The zero-order valence-corrected chi connectivity index (χ0v) is 18.5. The third kappa shape index (κ3) is 4.35. The molecule has 5 rings (SSSR count). The minimum absolute atomic E-state index is 0.213. The minimum Gasteiger partial charge on any atom is -0.404 e. The van der Waals surface area contributed by atoms with E-state index >= 15 is 0 Å². The topological polar surface area (TPSA) is 99.8 Å². The monoisotopic (exact) mass is 476 g/mol. The largest absolute Gasteiger partial charge is 0.404 e. The molecule has 0 aliphatic rings. The molecule has 5 aromatic rings. The van der Waals surface area contributed by atoms with Crippen LogP contribution in [0.2, 0.25) is 0 Å². The molecule has 11 heteroatoms. The summed E-state index contributed by atoms with van der Waals surface area (Å²) < 4.78 is 42.5. The van der Waals surface area contributed by atoms with E-state index in [0.29, 0.717) is 34.7 Å². The van der Waals surface area contributed by atoms with Gasteiger partial charge in [0.25, 0.3) is 0 Å². The maximum absolute atomic E-state index is 13.7. The Labute approximate surface area is 197 Å². The van der Waals surface area contributed by atoms with E-state index in [4.69, 9.17) is 5.73 Å². The molecule has 176 valence electrons. The zero-order chi connectivity index (χ0) is 24.5. The molecule has 4 aromatic heterocycles. The fourth-order valence-corrected chi connectivity index (χ4v) is 3.84. The van der Waals surface area contributed by atoms with Crippen LogP contribution in [-0.4, -0.2) is 41.8 Å². The second-order valence-corrected chi connectivity index (χ2v) is 7.74. The minimum atomic E-state index is -2.86. The number of hydrogen-bond acceptors (Lipinski definition) is 6. The Balaban J connectivity index is 1.58. The first kappa shape index (κ1) is 22.3. The van der Waals surface area contributed by atoms with E-state index in [1.54, 1.807) is 29.1 Å². The van der Waals surface area contributed by atoms with Crippen molar-refractivity contribution in [3.63, 3.8) is 0 Å². The standard InChI is InChI=1S/C24H19F3N8/c1-14-32-22-21(35(14)13-15-3-2-4-17(25)7-15)8-18(11-30-22)34-6-5-19-23(34)33-20(12-29-19)16(9-28)10-31-24(26)27/h2-12,24H,13,28H2,1H3. The molecule has 0 atom stereocenters. The highest BCUT2D eigenvalue weighted by Crippen LogP contribution is 2.23. The van der Waals surface area contributed by atoms with Crippen LogP contribution in [0, 0.1) is 12.7 Å². The van der Waals surface area contributed by atoms with Crippen molar-refractivity contribution in [2.75, 3.05) is 0 Å². The molecule has 0 fully saturated rings. The van der Waals surface area contributed by atoms with Gasteiger partial charge in [-0.25, -0.2) is 24.3 Å². The van der Waals surface area contributed by atoms with Gasteiger partial charge in [-0.1, -0.05) is 12.1 Å². The summed E-state index contributed by atoms with van der Waals surface area (Å²) in [7, 11) is 0. The molecule has 0 aliphatic heterocycles. The fourth-order valence-electron chi connectivity index (χ4n) is 3.84. The Hall–Kier alpha value is -4.54. The first-order valence-corrected chi connectivity index (χ1v) is 10.6. The number of allylic oxidation sites excluding steroid dienone is 1. The van der Waals surface area contributed by atoms with Crippen LogP contribution in [0.1, 0.15) is 17.1 Å². The Morgan fingerprint density at radius 3 is 2.77 bits per heavy atom. The molecule has 0 saturated carbocycles. The van der Waals surface area contributed by atoms with Gasteiger partial charge < -0.3 is 10.3 Å². The summed E-state index contributed by atoms with van der Waals surface area (Å²) in [6, 6.07) is 10.1. The third-order valence-electron chi connectivity index (χ3n) is 5.48. The first-order valence-electron chi connectivity index (χ1n) is 10.6. The summed E-state index contributed by atoms with van der Waals surface area (Å²) in [6.07, 6.45) is 7.01. The van der Waals surface area contributed by atoms with E-state index in [0.717, 1.165) is 29.3 Å². The lowest BCUT2D eigenvalue weighted by molar-refractivity contribution is 0.161. The second-order valence-electron chi connectivity index (χ2n) is 7.74. The number of aromatic nitrogens is 6. The summed E-state index contributed by atoms with van der Waals surface area (Å²) in [6.45, 7) is -0.565. The molecule has 0 amide bonds. The number of nitrogens with zero attached hydrogens (tertiary/aromatic N) is 7. The van der Waals surface area contributed by atoms with Gasteiger partial charge in [-0.05, 0) is 36.8 Å². The Morgan fingerprint density at radius 1 is 1.14 bits per heavy atom. The maximum Gasteiger partial charge on any atom is 0.331 e. The van der Waals surface area contributed by atoms with E-state index in [9.17, 15) is 13.2 Å². The van der Waals surface area contributed by atoms with Crippen LogP contribution < -0.4 is 5.73 Å². The normalized spacial score (nSPS) is 12.5. The van der Waals surface area contributed by atoms with Gasteiger partial charge in [0.2, 0.25) is 0 Å². The number of fused-ring (bicyclic) bond motifs is 2. The molecule has 4 heterocycles. The van der Waals surface area contributed by atoms with Crippen molar-refractivity contribution < 1.29 is 13.2 Å². The summed E-state index contributed by atoms with van der Waals surface area (Å²) in [5, 5.41) is 0. The molecule has 1 aromatic carbocycles. The highest BCUT2D eigenvalue weighted by molar-refractivity contribution is 6.09. The van der Waals surface area contributed by atoms with Gasteiger partial charge in [0.05, 0.1) is 29.3 Å². The number of aryl methyl sites for hydroxylation is 1. The van der Waals surface area contributed by atoms with Gasteiger partial charge in [-0.3, -0.25) is 9.55 Å². The molecule has 0 bridgehead atoms. The van der Waals surface area contributed by atoms with Crippen LogP contribution in [0.15, 0.2) is 66.2 Å². The van der Waals surface area contributed by atoms with Crippen molar-refractivity contribution in [3.05, 3.63) is 84.1 Å². The van der Waals surface area contributed by atoms with E-state index in [-0.39, 0.29) is 11.4 Å². The van der Waals surface area contributed by atoms with Crippen molar-refractivity contribution in [1.29, 1.82) is 0 Å². The summed E-state index contributed by atoms with van der Waals surface area (Å²) >= 11 is 0. The predicted octanol–water partition coefficient (Wildman–Crippen LogP) is 4.25. The molecule has 35 heavy (non-hydrogen) atoms. The van der Waals surface area contributed by atoms with E-state index in [2.05, 4.69) is 24.9 Å². The number of nitrogens with two attached hydrogens (primary N) is 1. The van der Waals surface area contributed by atoms with Crippen LogP contribution >= 0.6 is 0 Å². The number of halogens is 3. The van der Waals surface area contributed by atoms with Crippen molar-refractivity contribution in [2.45, 2.75) is 20.0 Å². The molecule has 0 unspecified atom stereocenters. The molecule has 0 saturated heterocycles. The Kier molecular flexibility index (Phi) is 5.73. The molecular formula is C24H19F3N8. The zero-order valence-electron chi connectivity index (χ0n) is 18.5. The number of aliphatic imine (C=N–C) groups is 1. The van der Waals surface area contributed by atoms with Crippen LogP contribution in [-0.2, 0) is 6.54 Å². The number of pyridine rings is 1. The molecule has 8 nitrogen and oxygen atoms in total. The molecule has 0 radical (unpaired) electrons. The third-order valence-corrected chi connectivity index (χ3v) is 5.48. The van der Waals surface area contributed by atoms with E-state index in [1.807, 2.05) is 23.6 Å².